The fraction of sp³-hybridized carbons (Fsp3) is 0.833. The van der Waals surface area contributed by atoms with Gasteiger partial charge >= 0.3 is 0 Å². The molecule has 0 bridgehead atoms. The predicted molar refractivity (Wildman–Crippen MR) is 71.1 cm³/mol. The van der Waals surface area contributed by atoms with Gasteiger partial charge in [-0.2, -0.15) is 5.10 Å². The molecule has 1 rings (SSSR count). The number of aromatic nitrogens is 3. The Balaban J connectivity index is 2.56. The minimum atomic E-state index is 0.591. The lowest BCUT2D eigenvalue weighted by Gasteiger charge is -2.19. The van der Waals surface area contributed by atoms with Crippen LogP contribution in [0.3, 0.4) is 0 Å². The van der Waals surface area contributed by atoms with Crippen LogP contribution in [0.15, 0.2) is 6.33 Å². The maximum atomic E-state index is 5.72. The summed E-state index contributed by atoms with van der Waals surface area (Å²) in [6.45, 7) is 10.4. The smallest absolute Gasteiger partial charge is 0.141 e. The summed E-state index contributed by atoms with van der Waals surface area (Å²) in [5.74, 6) is 2.36. The molecule has 0 saturated heterocycles. The summed E-state index contributed by atoms with van der Waals surface area (Å²) in [6, 6.07) is 0. The average molecular weight is 259 g/mol. The van der Waals surface area contributed by atoms with Crippen LogP contribution in [0, 0.1) is 5.92 Å². The summed E-state index contributed by atoms with van der Waals surface area (Å²) in [7, 11) is 0. The van der Waals surface area contributed by atoms with Crippen molar-refractivity contribution in [3.05, 3.63) is 12.2 Å². The van der Waals surface area contributed by atoms with Gasteiger partial charge in [-0.25, -0.2) is 9.67 Å². The summed E-state index contributed by atoms with van der Waals surface area (Å²) < 4.78 is 2.01. The largest absolute Gasteiger partial charge is 0.296 e. The second kappa shape index (κ2) is 7.67. The predicted octanol–water partition coefficient (Wildman–Crippen LogP) is 2.38. The molecule has 0 unspecified atom stereocenters. The van der Waals surface area contributed by atoms with Crippen LogP contribution < -0.4 is 0 Å². The Labute approximate surface area is 109 Å². The molecule has 17 heavy (non-hydrogen) atoms. The topological polar surface area (TPSA) is 34.0 Å². The monoisotopic (exact) mass is 258 g/mol. The molecule has 1 aromatic rings. The zero-order chi connectivity index (χ0) is 12.7. The van der Waals surface area contributed by atoms with Gasteiger partial charge in [0, 0.05) is 12.4 Å². The summed E-state index contributed by atoms with van der Waals surface area (Å²) >= 11 is 5.72. The minimum Gasteiger partial charge on any atom is -0.296 e. The van der Waals surface area contributed by atoms with Gasteiger partial charge in [0.1, 0.15) is 12.2 Å². The van der Waals surface area contributed by atoms with Crippen LogP contribution in [0.25, 0.3) is 0 Å². The van der Waals surface area contributed by atoms with E-state index in [1.807, 2.05) is 4.68 Å². The van der Waals surface area contributed by atoms with Crippen LogP contribution in [-0.4, -0.2) is 38.6 Å². The molecule has 0 saturated carbocycles. The van der Waals surface area contributed by atoms with Crippen LogP contribution in [0.5, 0.6) is 0 Å². The zero-order valence-corrected chi connectivity index (χ0v) is 11.8. The van der Waals surface area contributed by atoms with Crippen LogP contribution >= 0.6 is 11.6 Å². The Morgan fingerprint density at radius 3 is 2.82 bits per heavy atom. The van der Waals surface area contributed by atoms with Crippen LogP contribution in [-0.2, 0) is 13.1 Å². The molecule has 0 aliphatic rings. The molecule has 0 aromatic carbocycles. The minimum absolute atomic E-state index is 0.591. The molecule has 0 atom stereocenters. The quantitative estimate of drug-likeness (QED) is 0.672. The van der Waals surface area contributed by atoms with Gasteiger partial charge in [-0.3, -0.25) is 4.90 Å². The average Bonchev–Trinajstić information content (AvgIpc) is 2.70. The van der Waals surface area contributed by atoms with Crippen LogP contribution in [0.4, 0.5) is 0 Å². The van der Waals surface area contributed by atoms with Crippen molar-refractivity contribution in [2.24, 2.45) is 5.92 Å². The SMILES string of the molecule is CCN(CCCCl)Cc1ncnn1CC(C)C. The first-order valence-electron chi connectivity index (χ1n) is 6.32. The van der Waals surface area contributed by atoms with Crippen molar-refractivity contribution in [1.29, 1.82) is 0 Å². The van der Waals surface area contributed by atoms with E-state index in [9.17, 15) is 0 Å². The number of halogens is 1. The van der Waals surface area contributed by atoms with Gasteiger partial charge in [-0.15, -0.1) is 11.6 Å². The van der Waals surface area contributed by atoms with Gasteiger partial charge in [-0.1, -0.05) is 20.8 Å². The third-order valence-corrected chi connectivity index (χ3v) is 2.92. The first-order valence-corrected chi connectivity index (χ1v) is 6.85. The van der Waals surface area contributed by atoms with Crippen molar-refractivity contribution in [3.8, 4) is 0 Å². The Bertz CT molecular complexity index is 311. The van der Waals surface area contributed by atoms with Crippen molar-refractivity contribution in [1.82, 2.24) is 19.7 Å². The Morgan fingerprint density at radius 2 is 2.24 bits per heavy atom. The van der Waals surface area contributed by atoms with E-state index < -0.39 is 0 Å². The summed E-state index contributed by atoms with van der Waals surface area (Å²) in [6.07, 6.45) is 2.67. The van der Waals surface area contributed by atoms with E-state index in [-0.39, 0.29) is 0 Å². The van der Waals surface area contributed by atoms with Gasteiger partial charge in [0.2, 0.25) is 0 Å². The third kappa shape index (κ3) is 5.04. The Hall–Kier alpha value is -0.610. The van der Waals surface area contributed by atoms with Crippen molar-refractivity contribution in [2.45, 2.75) is 40.3 Å². The first-order chi connectivity index (χ1) is 8.17. The normalized spacial score (nSPS) is 11.6. The molecule has 0 amide bonds. The van der Waals surface area contributed by atoms with E-state index in [4.69, 9.17) is 11.6 Å². The molecule has 1 heterocycles. The lowest BCUT2D eigenvalue weighted by atomic mass is 10.2. The summed E-state index contributed by atoms with van der Waals surface area (Å²) in [5.41, 5.74) is 0. The molecule has 0 spiro atoms. The molecule has 0 aliphatic carbocycles. The summed E-state index contributed by atoms with van der Waals surface area (Å²) in [5, 5.41) is 4.28. The van der Waals surface area contributed by atoms with Gasteiger partial charge in [0.05, 0.1) is 6.54 Å². The highest BCUT2D eigenvalue weighted by atomic mass is 35.5. The van der Waals surface area contributed by atoms with Crippen LogP contribution in [0.2, 0.25) is 0 Å². The third-order valence-electron chi connectivity index (χ3n) is 2.65. The Kier molecular flexibility index (Phi) is 6.52. The van der Waals surface area contributed by atoms with E-state index in [0.29, 0.717) is 5.92 Å². The maximum Gasteiger partial charge on any atom is 0.141 e. The van der Waals surface area contributed by atoms with Crippen molar-refractivity contribution >= 4 is 11.6 Å². The lowest BCUT2D eigenvalue weighted by Crippen LogP contribution is -2.26. The molecule has 5 heteroatoms. The van der Waals surface area contributed by atoms with E-state index in [1.54, 1.807) is 6.33 Å². The number of rotatable bonds is 8. The van der Waals surface area contributed by atoms with Crippen molar-refractivity contribution < 1.29 is 0 Å². The molecule has 1 aromatic heterocycles. The Morgan fingerprint density at radius 1 is 1.47 bits per heavy atom. The molecule has 98 valence electrons. The van der Waals surface area contributed by atoms with E-state index >= 15 is 0 Å². The second-order valence-corrected chi connectivity index (χ2v) is 5.04. The van der Waals surface area contributed by atoms with Gasteiger partial charge in [-0.05, 0) is 25.4 Å². The second-order valence-electron chi connectivity index (χ2n) is 4.66. The molecular weight excluding hydrogens is 236 g/mol. The molecule has 0 fully saturated rings. The van der Waals surface area contributed by atoms with E-state index in [1.165, 1.54) is 0 Å². The molecule has 4 nitrogen and oxygen atoms in total. The van der Waals surface area contributed by atoms with Crippen LogP contribution in [0.1, 0.15) is 33.0 Å². The highest BCUT2D eigenvalue weighted by molar-refractivity contribution is 6.17. The highest BCUT2D eigenvalue weighted by Crippen LogP contribution is 2.05. The number of nitrogens with zero attached hydrogens (tertiary/aromatic N) is 4. The fourth-order valence-electron chi connectivity index (χ4n) is 1.74. The highest BCUT2D eigenvalue weighted by Gasteiger charge is 2.10. The summed E-state index contributed by atoms with van der Waals surface area (Å²) in [4.78, 5) is 6.69. The van der Waals surface area contributed by atoms with Crippen molar-refractivity contribution in [2.75, 3.05) is 19.0 Å². The first kappa shape index (κ1) is 14.5. The molecule has 0 radical (unpaired) electrons. The zero-order valence-electron chi connectivity index (χ0n) is 11.1. The molecular formula is C12H23ClN4. The van der Waals surface area contributed by atoms with Crippen molar-refractivity contribution in [3.63, 3.8) is 0 Å². The number of hydrogen-bond acceptors (Lipinski definition) is 3. The number of alkyl halides is 1. The fourth-order valence-corrected chi connectivity index (χ4v) is 1.86. The standard InChI is InChI=1S/C12H23ClN4/c1-4-16(7-5-6-13)9-12-14-10-15-17(12)8-11(2)3/h10-11H,4-9H2,1-3H3. The lowest BCUT2D eigenvalue weighted by molar-refractivity contribution is 0.265. The van der Waals surface area contributed by atoms with E-state index in [0.717, 1.165) is 44.3 Å². The van der Waals surface area contributed by atoms with E-state index in [2.05, 4.69) is 35.8 Å². The molecule has 0 aliphatic heterocycles. The number of hydrogen-bond donors (Lipinski definition) is 0. The molecule has 0 N–H and O–H groups in total. The van der Waals surface area contributed by atoms with Gasteiger partial charge in [0.25, 0.3) is 0 Å². The maximum absolute atomic E-state index is 5.72. The van der Waals surface area contributed by atoms with Gasteiger partial charge in [0.15, 0.2) is 0 Å². The van der Waals surface area contributed by atoms with Gasteiger partial charge < -0.3 is 0 Å².